The first-order valence-electron chi connectivity index (χ1n) is 6.30. The number of benzene rings is 1. The lowest BCUT2D eigenvalue weighted by molar-refractivity contribution is 0.187. The molecule has 1 unspecified atom stereocenters. The summed E-state index contributed by atoms with van der Waals surface area (Å²) in [5.74, 6) is 0.906. The Morgan fingerprint density at radius 2 is 2.12 bits per heavy atom. The van der Waals surface area contributed by atoms with Gasteiger partial charge >= 0.3 is 0 Å². The van der Waals surface area contributed by atoms with E-state index in [1.54, 1.807) is 0 Å². The summed E-state index contributed by atoms with van der Waals surface area (Å²) in [7, 11) is 0. The first kappa shape index (κ1) is 14.3. The molecule has 3 heteroatoms. The van der Waals surface area contributed by atoms with Crippen molar-refractivity contribution in [2.75, 3.05) is 13.1 Å². The van der Waals surface area contributed by atoms with Crippen molar-refractivity contribution in [1.29, 1.82) is 0 Å². The third-order valence-corrected chi connectivity index (χ3v) is 3.09. The zero-order chi connectivity index (χ0) is 12.7. The second kappa shape index (κ2) is 7.57. The third kappa shape index (κ3) is 4.97. The first-order chi connectivity index (χ1) is 8.17. The minimum atomic E-state index is 0.237. The summed E-state index contributed by atoms with van der Waals surface area (Å²) in [5.41, 5.74) is 1.06. The number of likely N-dealkylation sites (N-methyl/N-ethyl adjacent to an activating group) is 1. The monoisotopic (exact) mass is 255 g/mol. The molecule has 0 saturated carbocycles. The minimum Gasteiger partial charge on any atom is -0.489 e. The van der Waals surface area contributed by atoms with E-state index in [2.05, 4.69) is 19.2 Å². The van der Waals surface area contributed by atoms with Crippen molar-refractivity contribution in [1.82, 2.24) is 5.32 Å². The van der Waals surface area contributed by atoms with Crippen LogP contribution in [0.1, 0.15) is 32.3 Å². The summed E-state index contributed by atoms with van der Waals surface area (Å²) in [6.45, 7) is 8.15. The summed E-state index contributed by atoms with van der Waals surface area (Å²) in [4.78, 5) is 0. The number of ether oxygens (including phenoxy) is 1. The molecule has 0 aliphatic heterocycles. The Morgan fingerprint density at radius 3 is 2.71 bits per heavy atom. The van der Waals surface area contributed by atoms with Crippen LogP contribution in [-0.4, -0.2) is 19.2 Å². The fraction of sp³-hybridized carbons (Fsp3) is 0.571. The quantitative estimate of drug-likeness (QED) is 0.800. The maximum atomic E-state index is 5.99. The molecular weight excluding hydrogens is 234 g/mol. The van der Waals surface area contributed by atoms with Gasteiger partial charge in [0.2, 0.25) is 0 Å². The van der Waals surface area contributed by atoms with E-state index in [-0.39, 0.29) is 6.10 Å². The van der Waals surface area contributed by atoms with Crippen molar-refractivity contribution in [3.8, 4) is 5.75 Å². The maximum absolute atomic E-state index is 5.99. The molecule has 0 aromatic heterocycles. The summed E-state index contributed by atoms with van der Waals surface area (Å²) < 4.78 is 5.97. The second-order valence-electron chi connectivity index (χ2n) is 4.25. The highest BCUT2D eigenvalue weighted by molar-refractivity contribution is 6.31. The second-order valence-corrected chi connectivity index (χ2v) is 4.65. The van der Waals surface area contributed by atoms with Crippen LogP contribution in [0.3, 0.4) is 0 Å². The van der Waals surface area contributed by atoms with Crippen LogP contribution in [0.15, 0.2) is 18.2 Å². The first-order valence-corrected chi connectivity index (χ1v) is 6.68. The Kier molecular flexibility index (Phi) is 6.38. The highest BCUT2D eigenvalue weighted by atomic mass is 35.5. The van der Waals surface area contributed by atoms with Crippen LogP contribution in [0.2, 0.25) is 5.02 Å². The Bertz CT molecular complexity index is 341. The molecule has 96 valence electrons. The van der Waals surface area contributed by atoms with Crippen LogP contribution < -0.4 is 10.1 Å². The van der Waals surface area contributed by atoms with E-state index < -0.39 is 0 Å². The minimum absolute atomic E-state index is 0.237. The van der Waals surface area contributed by atoms with Crippen LogP contribution in [0, 0.1) is 6.92 Å². The van der Waals surface area contributed by atoms with Crippen molar-refractivity contribution < 1.29 is 4.74 Å². The van der Waals surface area contributed by atoms with Gasteiger partial charge in [-0.15, -0.1) is 0 Å². The zero-order valence-electron chi connectivity index (χ0n) is 10.9. The average molecular weight is 256 g/mol. The molecule has 0 aliphatic carbocycles. The number of hydrogen-bond acceptors (Lipinski definition) is 2. The van der Waals surface area contributed by atoms with Gasteiger partial charge in [0, 0.05) is 11.6 Å². The topological polar surface area (TPSA) is 21.3 Å². The van der Waals surface area contributed by atoms with Gasteiger partial charge in [0.1, 0.15) is 11.9 Å². The fourth-order valence-electron chi connectivity index (χ4n) is 1.71. The van der Waals surface area contributed by atoms with Gasteiger partial charge in [0.05, 0.1) is 0 Å². The van der Waals surface area contributed by atoms with Crippen LogP contribution in [0.4, 0.5) is 0 Å². The van der Waals surface area contributed by atoms with E-state index in [1.165, 1.54) is 0 Å². The van der Waals surface area contributed by atoms with Crippen molar-refractivity contribution in [2.45, 2.75) is 39.7 Å². The van der Waals surface area contributed by atoms with Gasteiger partial charge in [-0.1, -0.05) is 31.9 Å². The molecule has 0 fully saturated rings. The smallest absolute Gasteiger partial charge is 0.120 e. The summed E-state index contributed by atoms with van der Waals surface area (Å²) in [6, 6.07) is 5.82. The standard InChI is InChI=1S/C14H22ClNO/c1-4-6-13(10-16-5-2)17-12-7-8-14(15)11(3)9-12/h7-9,13,16H,4-6,10H2,1-3H3. The number of aryl methyl sites for hydroxylation is 1. The van der Waals surface area contributed by atoms with Gasteiger partial charge in [0.15, 0.2) is 0 Å². The number of rotatable bonds is 7. The van der Waals surface area contributed by atoms with Gasteiger partial charge in [0.25, 0.3) is 0 Å². The predicted molar refractivity (Wildman–Crippen MR) is 74.1 cm³/mol. The number of halogens is 1. The molecule has 1 aromatic rings. The largest absolute Gasteiger partial charge is 0.489 e. The van der Waals surface area contributed by atoms with Crippen molar-refractivity contribution in [2.24, 2.45) is 0 Å². The number of hydrogen-bond donors (Lipinski definition) is 1. The maximum Gasteiger partial charge on any atom is 0.120 e. The van der Waals surface area contributed by atoms with Crippen molar-refractivity contribution in [3.05, 3.63) is 28.8 Å². The summed E-state index contributed by atoms with van der Waals surface area (Å²) in [5, 5.41) is 4.12. The van der Waals surface area contributed by atoms with Crippen LogP contribution >= 0.6 is 11.6 Å². The van der Waals surface area contributed by atoms with Crippen molar-refractivity contribution in [3.63, 3.8) is 0 Å². The molecule has 1 N–H and O–H groups in total. The molecule has 0 saturated heterocycles. The number of nitrogens with one attached hydrogen (secondary N) is 1. The summed E-state index contributed by atoms with van der Waals surface area (Å²) >= 11 is 5.99. The molecule has 0 amide bonds. The molecule has 0 heterocycles. The van der Waals surface area contributed by atoms with E-state index in [0.29, 0.717) is 0 Å². The fourth-order valence-corrected chi connectivity index (χ4v) is 1.83. The SMILES string of the molecule is CCCC(CNCC)Oc1ccc(Cl)c(C)c1. The van der Waals surface area contributed by atoms with Crippen LogP contribution in [0.5, 0.6) is 5.75 Å². The average Bonchev–Trinajstić information content (AvgIpc) is 2.31. The lowest BCUT2D eigenvalue weighted by atomic mass is 10.2. The molecule has 0 spiro atoms. The van der Waals surface area contributed by atoms with Gasteiger partial charge in [-0.3, -0.25) is 0 Å². The molecule has 1 aromatic carbocycles. The molecule has 0 aliphatic rings. The van der Waals surface area contributed by atoms with E-state index in [9.17, 15) is 0 Å². The summed E-state index contributed by atoms with van der Waals surface area (Å²) in [6.07, 6.45) is 2.43. The van der Waals surface area contributed by atoms with E-state index in [4.69, 9.17) is 16.3 Å². The van der Waals surface area contributed by atoms with Crippen molar-refractivity contribution >= 4 is 11.6 Å². The van der Waals surface area contributed by atoms with E-state index in [1.807, 2.05) is 25.1 Å². The molecule has 0 radical (unpaired) electrons. The lowest BCUT2D eigenvalue weighted by Gasteiger charge is -2.19. The molecule has 17 heavy (non-hydrogen) atoms. The highest BCUT2D eigenvalue weighted by Crippen LogP contribution is 2.22. The van der Waals surface area contributed by atoms with Crippen LogP contribution in [0.25, 0.3) is 0 Å². The Hall–Kier alpha value is -0.730. The Balaban J connectivity index is 2.61. The van der Waals surface area contributed by atoms with Gasteiger partial charge in [-0.2, -0.15) is 0 Å². The normalized spacial score (nSPS) is 12.5. The Morgan fingerprint density at radius 1 is 1.35 bits per heavy atom. The third-order valence-electron chi connectivity index (χ3n) is 2.66. The molecule has 2 nitrogen and oxygen atoms in total. The Labute approximate surface area is 109 Å². The molecular formula is C14H22ClNO. The van der Waals surface area contributed by atoms with Gasteiger partial charge in [-0.05, 0) is 43.7 Å². The van der Waals surface area contributed by atoms with Crippen LogP contribution in [-0.2, 0) is 0 Å². The van der Waals surface area contributed by atoms with Gasteiger partial charge in [-0.25, -0.2) is 0 Å². The van der Waals surface area contributed by atoms with Gasteiger partial charge < -0.3 is 10.1 Å². The zero-order valence-corrected chi connectivity index (χ0v) is 11.7. The molecule has 0 bridgehead atoms. The predicted octanol–water partition coefficient (Wildman–Crippen LogP) is 3.81. The van der Waals surface area contributed by atoms with E-state index >= 15 is 0 Å². The molecule has 1 atom stereocenters. The lowest BCUT2D eigenvalue weighted by Crippen LogP contribution is -2.31. The van der Waals surface area contributed by atoms with E-state index in [0.717, 1.165) is 42.3 Å². The molecule has 1 rings (SSSR count). The highest BCUT2D eigenvalue weighted by Gasteiger charge is 2.09.